The van der Waals surface area contributed by atoms with Gasteiger partial charge in [-0.1, -0.05) is 11.6 Å². The Morgan fingerprint density at radius 3 is 2.88 bits per heavy atom. The Morgan fingerprint density at radius 2 is 2.19 bits per heavy atom. The summed E-state index contributed by atoms with van der Waals surface area (Å²) < 4.78 is 6.18. The summed E-state index contributed by atoms with van der Waals surface area (Å²) >= 11 is 9.15. The summed E-state index contributed by atoms with van der Waals surface area (Å²) in [6.07, 6.45) is 3.00. The molecule has 16 heavy (non-hydrogen) atoms. The van der Waals surface area contributed by atoms with Crippen molar-refractivity contribution in [1.82, 2.24) is 9.97 Å². The maximum Gasteiger partial charge on any atom is 0.236 e. The molecule has 82 valence electrons. The predicted molar refractivity (Wildman–Crippen MR) is 65.7 cm³/mol. The van der Waals surface area contributed by atoms with Gasteiger partial charge in [0.15, 0.2) is 0 Å². The van der Waals surface area contributed by atoms with Crippen molar-refractivity contribution < 1.29 is 4.74 Å². The van der Waals surface area contributed by atoms with Gasteiger partial charge >= 0.3 is 0 Å². The molecule has 6 heteroatoms. The molecule has 0 aliphatic heterocycles. The van der Waals surface area contributed by atoms with Gasteiger partial charge in [-0.15, -0.1) is 0 Å². The quantitative estimate of drug-likeness (QED) is 0.865. The number of benzene rings is 1. The normalized spacial score (nSPS) is 10.1. The number of nitrogen functional groups attached to an aromatic ring is 1. The smallest absolute Gasteiger partial charge is 0.236 e. The van der Waals surface area contributed by atoms with E-state index in [2.05, 4.69) is 25.9 Å². The van der Waals surface area contributed by atoms with Crippen molar-refractivity contribution in [1.29, 1.82) is 0 Å². The predicted octanol–water partition coefficient (Wildman–Crippen LogP) is 3.27. The highest BCUT2D eigenvalue weighted by Crippen LogP contribution is 2.29. The van der Waals surface area contributed by atoms with Crippen molar-refractivity contribution in [3.63, 3.8) is 0 Å². The van der Waals surface area contributed by atoms with E-state index in [-0.39, 0.29) is 0 Å². The van der Waals surface area contributed by atoms with Gasteiger partial charge in [-0.2, -0.15) is 0 Å². The van der Waals surface area contributed by atoms with Gasteiger partial charge in [0.2, 0.25) is 5.88 Å². The highest BCUT2D eigenvalue weighted by molar-refractivity contribution is 9.10. The number of ether oxygens (including phenoxy) is 1. The fourth-order valence-electron chi connectivity index (χ4n) is 1.06. The molecule has 0 bridgehead atoms. The van der Waals surface area contributed by atoms with Crippen LogP contribution in [0.2, 0.25) is 5.02 Å². The van der Waals surface area contributed by atoms with Crippen LogP contribution in [0.4, 0.5) is 5.69 Å². The Hall–Kier alpha value is -1.33. The van der Waals surface area contributed by atoms with Crippen molar-refractivity contribution in [2.75, 3.05) is 5.73 Å². The Kier molecular flexibility index (Phi) is 3.26. The monoisotopic (exact) mass is 299 g/mol. The van der Waals surface area contributed by atoms with Gasteiger partial charge in [-0.25, -0.2) is 9.97 Å². The molecule has 0 fully saturated rings. The van der Waals surface area contributed by atoms with Crippen LogP contribution in [0.3, 0.4) is 0 Å². The van der Waals surface area contributed by atoms with E-state index in [1.165, 1.54) is 6.33 Å². The van der Waals surface area contributed by atoms with Crippen LogP contribution in [-0.4, -0.2) is 9.97 Å². The summed E-state index contributed by atoms with van der Waals surface area (Å²) in [4.78, 5) is 7.81. The molecular formula is C10H7BrClN3O. The first-order valence-electron chi connectivity index (χ1n) is 4.35. The van der Waals surface area contributed by atoms with Crippen LogP contribution < -0.4 is 10.5 Å². The highest BCUT2D eigenvalue weighted by atomic mass is 79.9. The van der Waals surface area contributed by atoms with Crippen molar-refractivity contribution in [2.24, 2.45) is 0 Å². The second-order valence-electron chi connectivity index (χ2n) is 2.96. The Bertz CT molecular complexity index is 521. The number of anilines is 1. The molecule has 0 aliphatic carbocycles. The van der Waals surface area contributed by atoms with E-state index in [1.807, 2.05) is 0 Å². The van der Waals surface area contributed by atoms with Crippen molar-refractivity contribution >= 4 is 33.2 Å². The minimum atomic E-state index is 0.427. The molecule has 0 unspecified atom stereocenters. The molecule has 1 aromatic carbocycles. The molecule has 4 nitrogen and oxygen atoms in total. The number of halogens is 2. The Morgan fingerprint density at radius 1 is 1.38 bits per heavy atom. The third kappa shape index (κ3) is 2.43. The van der Waals surface area contributed by atoms with Crippen molar-refractivity contribution in [2.45, 2.75) is 0 Å². The second kappa shape index (κ2) is 4.67. The number of rotatable bonds is 2. The first-order valence-corrected chi connectivity index (χ1v) is 5.52. The molecule has 0 atom stereocenters. The number of nitrogens with two attached hydrogens (primary N) is 1. The third-order valence-corrected chi connectivity index (χ3v) is 2.69. The number of aromatic nitrogens is 2. The van der Waals surface area contributed by atoms with Crippen LogP contribution in [0.5, 0.6) is 11.6 Å². The minimum absolute atomic E-state index is 0.427. The fourth-order valence-corrected chi connectivity index (χ4v) is 1.53. The number of hydrogen-bond donors (Lipinski definition) is 1. The molecule has 0 saturated heterocycles. The van der Waals surface area contributed by atoms with Gasteiger partial charge in [-0.05, 0) is 28.1 Å². The Balaban J connectivity index is 2.28. The SMILES string of the molecule is Nc1ccc(Oc2ncncc2Br)cc1Cl. The second-order valence-corrected chi connectivity index (χ2v) is 4.22. The molecule has 0 spiro atoms. The molecule has 2 N–H and O–H groups in total. The summed E-state index contributed by atoms with van der Waals surface area (Å²) in [5, 5.41) is 0.447. The van der Waals surface area contributed by atoms with E-state index < -0.39 is 0 Å². The van der Waals surface area contributed by atoms with E-state index in [1.54, 1.807) is 24.4 Å². The lowest BCUT2D eigenvalue weighted by Gasteiger charge is -2.06. The molecule has 0 saturated carbocycles. The standard InChI is InChI=1S/C10H7BrClN3O/c11-7-4-14-5-15-10(7)16-6-1-2-9(13)8(12)3-6/h1-5H,13H2. The summed E-state index contributed by atoms with van der Waals surface area (Å²) in [5.41, 5.74) is 6.10. The van der Waals surface area contributed by atoms with Gasteiger partial charge in [0.25, 0.3) is 0 Å². The van der Waals surface area contributed by atoms with Crippen LogP contribution in [0.25, 0.3) is 0 Å². The average molecular weight is 301 g/mol. The molecule has 2 aromatic rings. The summed E-state index contributed by atoms with van der Waals surface area (Å²) in [5.74, 6) is 0.995. The first-order chi connectivity index (χ1) is 7.66. The topological polar surface area (TPSA) is 61.0 Å². The average Bonchev–Trinajstić information content (AvgIpc) is 2.27. The fraction of sp³-hybridized carbons (Fsp3) is 0. The van der Waals surface area contributed by atoms with E-state index in [4.69, 9.17) is 22.1 Å². The van der Waals surface area contributed by atoms with Crippen LogP contribution in [0, 0.1) is 0 Å². The lowest BCUT2D eigenvalue weighted by atomic mass is 10.3. The lowest BCUT2D eigenvalue weighted by Crippen LogP contribution is -1.91. The summed E-state index contributed by atoms with van der Waals surface area (Å²) in [6.45, 7) is 0. The van der Waals surface area contributed by atoms with Gasteiger partial charge in [-0.3, -0.25) is 0 Å². The zero-order chi connectivity index (χ0) is 11.5. The van der Waals surface area contributed by atoms with Gasteiger partial charge < -0.3 is 10.5 Å². The maximum absolute atomic E-state index is 5.87. The maximum atomic E-state index is 5.87. The zero-order valence-corrected chi connectivity index (χ0v) is 10.4. The Labute approximate surface area is 106 Å². The van der Waals surface area contributed by atoms with Gasteiger partial charge in [0.1, 0.15) is 12.1 Å². The zero-order valence-electron chi connectivity index (χ0n) is 8.02. The molecule has 1 heterocycles. The molecule has 1 aromatic heterocycles. The van der Waals surface area contributed by atoms with Gasteiger partial charge in [0.05, 0.1) is 15.2 Å². The van der Waals surface area contributed by atoms with Crippen LogP contribution >= 0.6 is 27.5 Å². The molecule has 2 rings (SSSR count). The molecule has 0 radical (unpaired) electrons. The van der Waals surface area contributed by atoms with Crippen molar-refractivity contribution in [3.8, 4) is 11.6 Å². The van der Waals surface area contributed by atoms with E-state index >= 15 is 0 Å². The summed E-state index contributed by atoms with van der Waals surface area (Å²) in [7, 11) is 0. The third-order valence-electron chi connectivity index (χ3n) is 1.82. The molecule has 0 amide bonds. The van der Waals surface area contributed by atoms with Gasteiger partial charge in [0, 0.05) is 12.3 Å². The van der Waals surface area contributed by atoms with E-state index in [0.29, 0.717) is 26.8 Å². The van der Waals surface area contributed by atoms with Crippen molar-refractivity contribution in [3.05, 3.63) is 40.2 Å². The van der Waals surface area contributed by atoms with E-state index in [9.17, 15) is 0 Å². The first kappa shape index (κ1) is 11.2. The highest BCUT2D eigenvalue weighted by Gasteiger charge is 2.05. The summed E-state index contributed by atoms with van der Waals surface area (Å²) in [6, 6.07) is 5.02. The number of hydrogen-bond acceptors (Lipinski definition) is 4. The molecular weight excluding hydrogens is 293 g/mol. The largest absolute Gasteiger partial charge is 0.438 e. The molecule has 0 aliphatic rings. The van der Waals surface area contributed by atoms with E-state index in [0.717, 1.165) is 0 Å². The van der Waals surface area contributed by atoms with Crippen LogP contribution in [0.15, 0.2) is 35.2 Å². The van der Waals surface area contributed by atoms with Crippen LogP contribution in [-0.2, 0) is 0 Å². The minimum Gasteiger partial charge on any atom is -0.438 e. The van der Waals surface area contributed by atoms with Crippen LogP contribution in [0.1, 0.15) is 0 Å². The number of nitrogens with zero attached hydrogens (tertiary/aromatic N) is 2. The lowest BCUT2D eigenvalue weighted by molar-refractivity contribution is 0.458.